The van der Waals surface area contributed by atoms with E-state index in [1.54, 1.807) is 17.0 Å². The van der Waals surface area contributed by atoms with Crippen molar-refractivity contribution >= 4 is 17.9 Å². The average Bonchev–Trinajstić information content (AvgIpc) is 2.51. The molecule has 2 atom stereocenters. The summed E-state index contributed by atoms with van der Waals surface area (Å²) in [6.45, 7) is 10.9. The second-order valence-corrected chi connectivity index (χ2v) is 7.39. The molecule has 1 aliphatic rings. The number of methoxy groups -OCH3 is 1. The van der Waals surface area contributed by atoms with Gasteiger partial charge in [0.25, 0.3) is 0 Å². The summed E-state index contributed by atoms with van der Waals surface area (Å²) in [5.41, 5.74) is -0.0985. The van der Waals surface area contributed by atoms with E-state index in [9.17, 15) is 9.59 Å². The van der Waals surface area contributed by atoms with Crippen molar-refractivity contribution in [2.75, 3.05) is 25.1 Å². The molecule has 0 spiro atoms. The lowest BCUT2D eigenvalue weighted by molar-refractivity contribution is 0.00558. The Hall–Kier alpha value is -2.31. The van der Waals surface area contributed by atoms with Gasteiger partial charge in [-0.3, -0.25) is 4.90 Å². The molecule has 25 heavy (non-hydrogen) atoms. The van der Waals surface area contributed by atoms with Crippen molar-refractivity contribution in [3.05, 3.63) is 23.9 Å². The van der Waals surface area contributed by atoms with E-state index in [1.807, 2.05) is 34.6 Å². The van der Waals surface area contributed by atoms with Crippen molar-refractivity contribution in [2.45, 2.75) is 52.3 Å². The van der Waals surface area contributed by atoms with E-state index in [-0.39, 0.29) is 18.2 Å². The third kappa shape index (κ3) is 4.61. The van der Waals surface area contributed by atoms with E-state index in [1.165, 1.54) is 13.3 Å². The largest absolute Gasteiger partial charge is 0.465 e. The number of anilines is 1. The molecule has 1 aromatic heterocycles. The highest BCUT2D eigenvalue weighted by Crippen LogP contribution is 2.23. The van der Waals surface area contributed by atoms with Crippen molar-refractivity contribution < 1.29 is 19.1 Å². The third-order valence-corrected chi connectivity index (χ3v) is 4.02. The van der Waals surface area contributed by atoms with Crippen LogP contribution in [0.25, 0.3) is 0 Å². The Labute approximate surface area is 148 Å². The second-order valence-electron chi connectivity index (χ2n) is 7.39. The van der Waals surface area contributed by atoms with Gasteiger partial charge in [-0.2, -0.15) is 0 Å². The molecule has 7 nitrogen and oxygen atoms in total. The molecule has 0 aliphatic carbocycles. The Morgan fingerprint density at radius 3 is 2.20 bits per heavy atom. The van der Waals surface area contributed by atoms with Crippen LogP contribution in [-0.4, -0.2) is 59.8 Å². The lowest BCUT2D eigenvalue weighted by Gasteiger charge is -2.44. The van der Waals surface area contributed by atoms with E-state index in [2.05, 4.69) is 14.6 Å². The number of carbonyl (C=O) groups excluding carboxylic acids is 2. The van der Waals surface area contributed by atoms with E-state index in [0.29, 0.717) is 18.7 Å². The monoisotopic (exact) mass is 349 g/mol. The summed E-state index contributed by atoms with van der Waals surface area (Å²) >= 11 is 0. The highest BCUT2D eigenvalue weighted by Gasteiger charge is 2.35. The van der Waals surface area contributed by atoms with Gasteiger partial charge in [-0.1, -0.05) is 0 Å². The zero-order valence-electron chi connectivity index (χ0n) is 15.8. The molecule has 1 aliphatic heterocycles. The predicted octanol–water partition coefficient (Wildman–Crippen LogP) is 2.70. The van der Waals surface area contributed by atoms with Gasteiger partial charge in [-0.05, 0) is 46.8 Å². The molecule has 1 saturated heterocycles. The predicted molar refractivity (Wildman–Crippen MR) is 94.8 cm³/mol. The minimum atomic E-state index is -0.515. The van der Waals surface area contributed by atoms with Crippen LogP contribution in [0.4, 0.5) is 10.6 Å². The van der Waals surface area contributed by atoms with Gasteiger partial charge in [0.1, 0.15) is 11.4 Å². The fraction of sp³-hybridized carbons (Fsp3) is 0.611. The zero-order chi connectivity index (χ0) is 18.8. The smallest absolute Gasteiger partial charge is 0.410 e. The van der Waals surface area contributed by atoms with Gasteiger partial charge in [0.2, 0.25) is 0 Å². The van der Waals surface area contributed by atoms with Gasteiger partial charge in [-0.25, -0.2) is 14.6 Å². The molecule has 0 aromatic carbocycles. The number of esters is 1. The van der Waals surface area contributed by atoms with Crippen LogP contribution in [0.15, 0.2) is 18.3 Å². The van der Waals surface area contributed by atoms with Crippen molar-refractivity contribution in [3.63, 3.8) is 0 Å². The summed E-state index contributed by atoms with van der Waals surface area (Å²) in [5.74, 6) is 0.366. The van der Waals surface area contributed by atoms with Crippen LogP contribution in [-0.2, 0) is 9.47 Å². The Bertz CT molecular complexity index is 612. The summed E-state index contributed by atoms with van der Waals surface area (Å²) in [7, 11) is 1.34. The zero-order valence-corrected chi connectivity index (χ0v) is 15.8. The van der Waals surface area contributed by atoms with Crippen molar-refractivity contribution in [1.29, 1.82) is 0 Å². The Morgan fingerprint density at radius 2 is 1.76 bits per heavy atom. The lowest BCUT2D eigenvalue weighted by atomic mass is 10.1. The number of rotatable bonds is 2. The summed E-state index contributed by atoms with van der Waals surface area (Å²) in [4.78, 5) is 32.2. The van der Waals surface area contributed by atoms with Crippen LogP contribution in [0, 0.1) is 0 Å². The van der Waals surface area contributed by atoms with Crippen molar-refractivity contribution in [3.8, 4) is 0 Å². The standard InChI is InChI=1S/C18H27N3O4/c1-12-10-20(15-8-7-14(9-19-15)16(22)24-6)11-13(2)21(12)17(23)25-18(3,4)5/h7-9,12-13H,10-11H2,1-6H3. The average molecular weight is 349 g/mol. The molecule has 0 saturated carbocycles. The molecule has 2 unspecified atom stereocenters. The summed E-state index contributed by atoms with van der Waals surface area (Å²) in [6.07, 6.45) is 1.22. The highest BCUT2D eigenvalue weighted by atomic mass is 16.6. The molecule has 1 fully saturated rings. The summed E-state index contributed by atoms with van der Waals surface area (Å²) in [5, 5.41) is 0. The first kappa shape index (κ1) is 19.0. The Kier molecular flexibility index (Phi) is 5.55. The SMILES string of the molecule is COC(=O)c1ccc(N2CC(C)N(C(=O)OC(C)(C)C)C(C)C2)nc1. The maximum Gasteiger partial charge on any atom is 0.410 e. The van der Waals surface area contributed by atoms with Gasteiger partial charge >= 0.3 is 12.1 Å². The minimum Gasteiger partial charge on any atom is -0.465 e. The molecule has 138 valence electrons. The molecular formula is C18H27N3O4. The van der Waals surface area contributed by atoms with Crippen LogP contribution in [0.5, 0.6) is 0 Å². The van der Waals surface area contributed by atoms with Crippen LogP contribution in [0.3, 0.4) is 0 Å². The number of pyridine rings is 1. The highest BCUT2D eigenvalue weighted by molar-refractivity contribution is 5.89. The molecule has 0 radical (unpaired) electrons. The number of hydrogen-bond acceptors (Lipinski definition) is 6. The lowest BCUT2D eigenvalue weighted by Crippen LogP contribution is -2.59. The van der Waals surface area contributed by atoms with E-state index >= 15 is 0 Å². The second kappa shape index (κ2) is 7.29. The number of ether oxygens (including phenoxy) is 2. The molecule has 2 rings (SSSR count). The van der Waals surface area contributed by atoms with Gasteiger partial charge in [0.05, 0.1) is 24.8 Å². The number of hydrogen-bond donors (Lipinski definition) is 0. The fourth-order valence-electron chi connectivity index (χ4n) is 3.00. The number of carbonyl (C=O) groups is 2. The first-order valence-corrected chi connectivity index (χ1v) is 8.43. The first-order valence-electron chi connectivity index (χ1n) is 8.43. The van der Waals surface area contributed by atoms with Crippen molar-refractivity contribution in [2.24, 2.45) is 0 Å². The van der Waals surface area contributed by atoms with E-state index in [4.69, 9.17) is 4.74 Å². The third-order valence-electron chi connectivity index (χ3n) is 4.02. The topological polar surface area (TPSA) is 72.0 Å². The summed E-state index contributed by atoms with van der Waals surface area (Å²) < 4.78 is 10.2. The molecule has 2 heterocycles. The maximum atomic E-state index is 12.4. The molecule has 1 aromatic rings. The fourth-order valence-corrected chi connectivity index (χ4v) is 3.00. The van der Waals surface area contributed by atoms with Gasteiger partial charge in [0, 0.05) is 19.3 Å². The normalized spacial score (nSPS) is 21.0. The first-order chi connectivity index (χ1) is 11.6. The van der Waals surface area contributed by atoms with Crippen LogP contribution >= 0.6 is 0 Å². The van der Waals surface area contributed by atoms with Crippen molar-refractivity contribution in [1.82, 2.24) is 9.88 Å². The van der Waals surface area contributed by atoms with Crippen LogP contribution in [0.2, 0.25) is 0 Å². The Morgan fingerprint density at radius 1 is 1.16 bits per heavy atom. The van der Waals surface area contributed by atoms with Gasteiger partial charge < -0.3 is 14.4 Å². The molecule has 0 bridgehead atoms. The summed E-state index contributed by atoms with van der Waals surface area (Å²) in [6, 6.07) is 3.47. The number of piperazine rings is 1. The van der Waals surface area contributed by atoms with Crippen LogP contribution < -0.4 is 4.90 Å². The minimum absolute atomic E-state index is 0.0133. The van der Waals surface area contributed by atoms with Gasteiger partial charge in [-0.15, -0.1) is 0 Å². The quantitative estimate of drug-likeness (QED) is 0.765. The van der Waals surface area contributed by atoms with E-state index in [0.717, 1.165) is 5.82 Å². The number of nitrogens with zero attached hydrogens (tertiary/aromatic N) is 3. The molecule has 1 amide bonds. The Balaban J connectivity index is 2.08. The van der Waals surface area contributed by atoms with Crippen LogP contribution in [0.1, 0.15) is 45.0 Å². The molecular weight excluding hydrogens is 322 g/mol. The maximum absolute atomic E-state index is 12.4. The molecule has 0 N–H and O–H groups in total. The number of aromatic nitrogens is 1. The van der Waals surface area contributed by atoms with E-state index < -0.39 is 11.6 Å². The number of amides is 1. The molecule has 7 heteroatoms. The van der Waals surface area contributed by atoms with Gasteiger partial charge in [0.15, 0.2) is 0 Å².